The molecule has 3 N–H and O–H groups in total. The van der Waals surface area contributed by atoms with Gasteiger partial charge in [-0.1, -0.05) is 24.3 Å². The molecule has 0 aromatic heterocycles. The molecule has 0 saturated heterocycles. The lowest BCUT2D eigenvalue weighted by Gasteiger charge is -2.28. The Balaban J connectivity index is 1.23. The first-order valence-corrected chi connectivity index (χ1v) is 12.8. The van der Waals surface area contributed by atoms with Crippen molar-refractivity contribution in [3.8, 4) is 5.75 Å². The van der Waals surface area contributed by atoms with E-state index in [1.807, 2.05) is 32.0 Å². The third kappa shape index (κ3) is 5.39. The molecular formula is C25H30FNO6S. The number of aliphatic hydroxyl groups excluding tert-OH is 1. The zero-order chi connectivity index (χ0) is 24.6. The summed E-state index contributed by atoms with van der Waals surface area (Å²) in [5.74, 6) is -1.16. The number of hydrogen-bond donors (Lipinski definition) is 3. The van der Waals surface area contributed by atoms with Crippen LogP contribution in [-0.2, 0) is 33.7 Å². The maximum absolute atomic E-state index is 14.1. The average Bonchev–Trinajstić information content (AvgIpc) is 3.35. The molecule has 1 fully saturated rings. The summed E-state index contributed by atoms with van der Waals surface area (Å²) in [6, 6.07) is 10.4. The van der Waals surface area contributed by atoms with Gasteiger partial charge in [-0.2, -0.15) is 0 Å². The first-order valence-electron chi connectivity index (χ1n) is 11.2. The number of fused-ring (bicyclic) bond motifs is 3. The molecule has 34 heavy (non-hydrogen) atoms. The Bertz CT molecular complexity index is 1060. The first kappa shape index (κ1) is 24.9. The Kier molecular flexibility index (Phi) is 7.21. The first-order chi connectivity index (χ1) is 16.1. The van der Waals surface area contributed by atoms with Gasteiger partial charge in [0.15, 0.2) is 10.7 Å². The molecule has 0 amide bonds. The van der Waals surface area contributed by atoms with Crippen molar-refractivity contribution in [3.63, 3.8) is 0 Å². The minimum Gasteiger partial charge on any atom is -0.612 e. The van der Waals surface area contributed by atoms with E-state index in [0.29, 0.717) is 18.7 Å². The van der Waals surface area contributed by atoms with Gasteiger partial charge in [0.25, 0.3) is 0 Å². The number of ether oxygens (including phenoxy) is 2. The van der Waals surface area contributed by atoms with Gasteiger partial charge in [-0.25, -0.2) is 4.39 Å². The fraction of sp³-hybridized carbons (Fsp3) is 0.480. The summed E-state index contributed by atoms with van der Waals surface area (Å²) in [6.45, 7) is 4.59. The molecule has 9 heteroatoms. The van der Waals surface area contributed by atoms with E-state index in [0.717, 1.165) is 16.7 Å². The van der Waals surface area contributed by atoms with Gasteiger partial charge >= 0.3 is 5.97 Å². The number of carbonyl (C=O) groups is 1. The molecule has 1 saturated carbocycles. The van der Waals surface area contributed by atoms with Gasteiger partial charge < -0.3 is 29.6 Å². The topological polar surface area (TPSA) is 111 Å². The Morgan fingerprint density at radius 2 is 2.12 bits per heavy atom. The van der Waals surface area contributed by atoms with E-state index >= 15 is 0 Å². The normalized spacial score (nSPS) is 22.5. The van der Waals surface area contributed by atoms with Crippen LogP contribution in [0.4, 0.5) is 4.39 Å². The lowest BCUT2D eigenvalue weighted by Crippen LogP contribution is -2.46. The summed E-state index contributed by atoms with van der Waals surface area (Å²) in [4.78, 5) is 11.4. The van der Waals surface area contributed by atoms with Gasteiger partial charge in [0, 0.05) is 29.1 Å². The third-order valence-corrected chi connectivity index (χ3v) is 7.27. The summed E-state index contributed by atoms with van der Waals surface area (Å²) in [6.07, 6.45) is 0.937. The van der Waals surface area contributed by atoms with Crippen LogP contribution in [0, 0.1) is 11.7 Å². The summed E-state index contributed by atoms with van der Waals surface area (Å²) < 4.78 is 37.2. The van der Waals surface area contributed by atoms with Crippen LogP contribution >= 0.6 is 0 Å². The fourth-order valence-electron chi connectivity index (χ4n) is 4.57. The van der Waals surface area contributed by atoms with Crippen molar-refractivity contribution in [2.75, 3.05) is 19.4 Å². The maximum Gasteiger partial charge on any atom is 0.311 e. The molecule has 184 valence electrons. The molecule has 0 bridgehead atoms. The third-order valence-electron chi connectivity index (χ3n) is 6.32. The minimum absolute atomic E-state index is 0.0849. The zero-order valence-corrected chi connectivity index (χ0v) is 20.2. The van der Waals surface area contributed by atoms with Crippen LogP contribution in [0.5, 0.6) is 5.75 Å². The van der Waals surface area contributed by atoms with Gasteiger partial charge in [-0.3, -0.25) is 4.79 Å². The number of aliphatic carboxylic acids is 1. The van der Waals surface area contributed by atoms with E-state index in [1.165, 1.54) is 12.3 Å². The van der Waals surface area contributed by atoms with E-state index in [9.17, 15) is 24.0 Å². The molecular weight excluding hydrogens is 461 g/mol. The summed E-state index contributed by atoms with van der Waals surface area (Å²) in [5.41, 5.74) is 2.12. The molecule has 1 aliphatic carbocycles. The molecule has 4 rings (SSSR count). The Hall–Kier alpha value is -2.17. The number of aliphatic hydroxyl groups is 1. The summed E-state index contributed by atoms with van der Waals surface area (Å²) in [5, 5.41) is 22.9. The highest BCUT2D eigenvalue weighted by Gasteiger charge is 2.63. The Labute approximate surface area is 201 Å². The van der Waals surface area contributed by atoms with Crippen LogP contribution in [0.25, 0.3) is 0 Å². The summed E-state index contributed by atoms with van der Waals surface area (Å²) >= 11 is -1.37. The van der Waals surface area contributed by atoms with Crippen molar-refractivity contribution in [2.45, 2.75) is 55.4 Å². The smallest absolute Gasteiger partial charge is 0.311 e. The lowest BCUT2D eigenvalue weighted by atomic mass is 9.94. The molecule has 0 radical (unpaired) electrons. The van der Waals surface area contributed by atoms with Crippen LogP contribution in [0.3, 0.4) is 0 Å². The number of nitrogens with one attached hydrogen (secondary N) is 1. The number of hydrogen-bond acceptors (Lipinski definition) is 6. The molecule has 2 aromatic rings. The number of carboxylic acid groups (broad SMARTS) is 1. The Morgan fingerprint density at radius 3 is 2.79 bits per heavy atom. The second-order valence-electron chi connectivity index (χ2n) is 9.64. The molecule has 0 spiro atoms. The van der Waals surface area contributed by atoms with Crippen molar-refractivity contribution in [2.24, 2.45) is 5.92 Å². The zero-order valence-electron chi connectivity index (χ0n) is 19.4. The standard InChI is InChI=1S/C25H30FNO6S/c1-25(2,10-14-7-8-19(34(3)31)18(26)9-14)27-11-16(28)13-32-12-15-5-4-6-17-20-21(24(29)30)23(20)33-22(15)17/h4-9,16,20-21,23,27-28H,10-13H2,1-3H3,(H,29,30)/t16-,20+,21+,23+,34?/m1/s1. The number of para-hydroxylation sites is 1. The van der Waals surface area contributed by atoms with Gasteiger partial charge in [-0.05, 0) is 49.1 Å². The van der Waals surface area contributed by atoms with Gasteiger partial charge in [-0.15, -0.1) is 0 Å². The van der Waals surface area contributed by atoms with Crippen LogP contribution in [0.2, 0.25) is 0 Å². The van der Waals surface area contributed by atoms with Crippen molar-refractivity contribution in [3.05, 3.63) is 58.9 Å². The minimum atomic E-state index is -1.37. The van der Waals surface area contributed by atoms with Crippen molar-refractivity contribution in [1.82, 2.24) is 5.32 Å². The van der Waals surface area contributed by atoms with E-state index in [-0.39, 0.29) is 30.1 Å². The van der Waals surface area contributed by atoms with Crippen molar-refractivity contribution >= 4 is 17.1 Å². The van der Waals surface area contributed by atoms with E-state index in [2.05, 4.69) is 5.32 Å². The highest BCUT2D eigenvalue weighted by molar-refractivity contribution is 7.90. The largest absolute Gasteiger partial charge is 0.612 e. The highest BCUT2D eigenvalue weighted by Crippen LogP contribution is 2.59. The van der Waals surface area contributed by atoms with Crippen LogP contribution < -0.4 is 10.1 Å². The van der Waals surface area contributed by atoms with Gasteiger partial charge in [0.05, 0.1) is 19.3 Å². The predicted octanol–water partition coefficient (Wildman–Crippen LogP) is 2.61. The second kappa shape index (κ2) is 9.83. The van der Waals surface area contributed by atoms with Crippen LogP contribution in [-0.4, -0.2) is 57.9 Å². The molecule has 2 aliphatic rings. The van der Waals surface area contributed by atoms with Crippen molar-refractivity contribution in [1.29, 1.82) is 0 Å². The lowest BCUT2D eigenvalue weighted by molar-refractivity contribution is -0.139. The number of benzene rings is 2. The van der Waals surface area contributed by atoms with Gasteiger partial charge in [0.2, 0.25) is 0 Å². The molecule has 1 heterocycles. The monoisotopic (exact) mass is 491 g/mol. The van der Waals surface area contributed by atoms with Gasteiger partial charge in [0.1, 0.15) is 24.0 Å². The van der Waals surface area contributed by atoms with Crippen LogP contribution in [0.15, 0.2) is 41.3 Å². The van der Waals surface area contributed by atoms with E-state index < -0.39 is 40.5 Å². The van der Waals surface area contributed by atoms with E-state index in [1.54, 1.807) is 12.1 Å². The Morgan fingerprint density at radius 1 is 1.35 bits per heavy atom. The number of β-amino-alcohol motifs (C(OH)–C–C–N with tert-alkyl or cyclic N) is 1. The van der Waals surface area contributed by atoms with Crippen LogP contribution in [0.1, 0.15) is 36.5 Å². The number of halogens is 1. The fourth-order valence-corrected chi connectivity index (χ4v) is 5.17. The highest BCUT2D eigenvalue weighted by atomic mass is 32.2. The quantitative estimate of drug-likeness (QED) is 0.415. The van der Waals surface area contributed by atoms with E-state index in [4.69, 9.17) is 9.47 Å². The number of carboxylic acids is 1. The second-order valence-corrected chi connectivity index (χ2v) is 11.0. The molecule has 5 atom stereocenters. The molecule has 1 unspecified atom stereocenters. The number of rotatable bonds is 11. The predicted molar refractivity (Wildman–Crippen MR) is 125 cm³/mol. The SMILES string of the molecule is C[S+]([O-])c1ccc(CC(C)(C)NC[C@@H](O)COCc2cccc3c2O[C@@H]2[C@@H](C(=O)O)[C@H]32)cc1F. The molecule has 2 aromatic carbocycles. The summed E-state index contributed by atoms with van der Waals surface area (Å²) in [7, 11) is 0. The van der Waals surface area contributed by atoms with Crippen molar-refractivity contribution < 1.29 is 33.4 Å². The maximum atomic E-state index is 14.1. The molecule has 1 aliphatic heterocycles. The average molecular weight is 492 g/mol. The molecule has 7 nitrogen and oxygen atoms in total.